The third-order valence-corrected chi connectivity index (χ3v) is 3.29. The number of anilines is 2. The second-order valence-electron chi connectivity index (χ2n) is 4.89. The van der Waals surface area contributed by atoms with Gasteiger partial charge in [-0.1, -0.05) is 6.07 Å². The molecule has 6 heteroatoms. The number of nitrogens with two attached hydrogens (primary N) is 1. The van der Waals surface area contributed by atoms with Crippen LogP contribution in [-0.4, -0.2) is 29.8 Å². The molecule has 0 saturated carbocycles. The zero-order chi connectivity index (χ0) is 13.8. The summed E-state index contributed by atoms with van der Waals surface area (Å²) in [5, 5.41) is 2.81. The van der Waals surface area contributed by atoms with Crippen molar-refractivity contribution in [3.8, 4) is 0 Å². The molecular formula is C14H20ClN3O2. The van der Waals surface area contributed by atoms with E-state index in [0.717, 1.165) is 18.4 Å². The highest BCUT2D eigenvalue weighted by Gasteiger charge is 2.20. The molecule has 0 aromatic heterocycles. The van der Waals surface area contributed by atoms with E-state index >= 15 is 0 Å². The molecule has 2 amide bonds. The van der Waals surface area contributed by atoms with Gasteiger partial charge in [-0.05, 0) is 37.5 Å². The number of nitrogens with one attached hydrogen (secondary N) is 1. The molecule has 1 aliphatic heterocycles. The van der Waals surface area contributed by atoms with E-state index in [-0.39, 0.29) is 30.8 Å². The van der Waals surface area contributed by atoms with E-state index in [1.807, 2.05) is 13.0 Å². The minimum Gasteiger partial charge on any atom is -0.399 e. The summed E-state index contributed by atoms with van der Waals surface area (Å²) in [5.74, 6) is -0.116. The van der Waals surface area contributed by atoms with Crippen LogP contribution in [0.1, 0.15) is 24.8 Å². The maximum atomic E-state index is 11.9. The maximum Gasteiger partial charge on any atom is 0.244 e. The molecule has 3 N–H and O–H groups in total. The third kappa shape index (κ3) is 4.13. The molecule has 0 aliphatic carbocycles. The summed E-state index contributed by atoms with van der Waals surface area (Å²) >= 11 is 0. The number of carbonyl (C=O) groups excluding carboxylic acids is 2. The lowest BCUT2D eigenvalue weighted by atomic mass is 10.1. The number of nitrogen functional groups attached to an aromatic ring is 1. The number of halogens is 1. The summed E-state index contributed by atoms with van der Waals surface area (Å²) in [6.45, 7) is 2.69. The maximum absolute atomic E-state index is 11.9. The number of amides is 2. The number of aryl methyl sites for hydroxylation is 1. The molecule has 5 nitrogen and oxygen atoms in total. The molecule has 0 bridgehead atoms. The Kier molecular flexibility index (Phi) is 5.82. The van der Waals surface area contributed by atoms with Crippen LogP contribution in [-0.2, 0) is 9.59 Å². The van der Waals surface area contributed by atoms with Gasteiger partial charge in [0, 0.05) is 24.3 Å². The van der Waals surface area contributed by atoms with E-state index < -0.39 is 0 Å². The largest absolute Gasteiger partial charge is 0.399 e. The zero-order valence-corrected chi connectivity index (χ0v) is 12.3. The predicted molar refractivity (Wildman–Crippen MR) is 81.9 cm³/mol. The summed E-state index contributed by atoms with van der Waals surface area (Å²) in [7, 11) is 0. The Hall–Kier alpha value is -1.75. The van der Waals surface area contributed by atoms with Crippen LogP contribution in [0.5, 0.6) is 0 Å². The van der Waals surface area contributed by atoms with Crippen LogP contribution in [0, 0.1) is 6.92 Å². The normalized spacial score (nSPS) is 14.7. The first-order chi connectivity index (χ1) is 9.06. The Labute approximate surface area is 124 Å². The van der Waals surface area contributed by atoms with Crippen molar-refractivity contribution in [1.29, 1.82) is 0 Å². The van der Waals surface area contributed by atoms with Gasteiger partial charge in [0.15, 0.2) is 0 Å². The van der Waals surface area contributed by atoms with Crippen LogP contribution < -0.4 is 11.1 Å². The standard InChI is InChI=1S/C14H19N3O2.ClH/c1-10-5-6-11(15)8-12(10)16-13(18)9-17-7-3-2-4-14(17)19;/h5-6,8H,2-4,7,9,15H2,1H3,(H,16,18);1H. The lowest BCUT2D eigenvalue weighted by Gasteiger charge is -2.26. The highest BCUT2D eigenvalue weighted by molar-refractivity contribution is 5.95. The molecule has 1 fully saturated rings. The predicted octanol–water partition coefficient (Wildman–Crippen LogP) is 1.95. The average Bonchev–Trinajstić information content (AvgIpc) is 2.37. The zero-order valence-electron chi connectivity index (χ0n) is 11.5. The van der Waals surface area contributed by atoms with Gasteiger partial charge >= 0.3 is 0 Å². The molecule has 1 aromatic carbocycles. The lowest BCUT2D eigenvalue weighted by molar-refractivity contribution is -0.136. The fourth-order valence-electron chi connectivity index (χ4n) is 2.17. The molecule has 2 rings (SSSR count). The molecule has 0 spiro atoms. The Balaban J connectivity index is 0.00000200. The van der Waals surface area contributed by atoms with Gasteiger partial charge < -0.3 is 16.0 Å². The second kappa shape index (κ2) is 7.14. The van der Waals surface area contributed by atoms with Crippen molar-refractivity contribution in [3.05, 3.63) is 23.8 Å². The van der Waals surface area contributed by atoms with Crippen LogP contribution in [0.3, 0.4) is 0 Å². The summed E-state index contributed by atoms with van der Waals surface area (Å²) in [6, 6.07) is 5.38. The van der Waals surface area contributed by atoms with Crippen LogP contribution >= 0.6 is 12.4 Å². The summed E-state index contributed by atoms with van der Waals surface area (Å²) in [6.07, 6.45) is 2.44. The van der Waals surface area contributed by atoms with Gasteiger partial charge in [-0.2, -0.15) is 0 Å². The number of nitrogens with zero attached hydrogens (tertiary/aromatic N) is 1. The number of rotatable bonds is 3. The highest BCUT2D eigenvalue weighted by atomic mass is 35.5. The fourth-order valence-corrected chi connectivity index (χ4v) is 2.17. The van der Waals surface area contributed by atoms with Gasteiger partial charge in [0.05, 0.1) is 6.54 Å². The Morgan fingerprint density at radius 1 is 1.40 bits per heavy atom. The smallest absolute Gasteiger partial charge is 0.244 e. The van der Waals surface area contributed by atoms with Crippen molar-refractivity contribution in [2.24, 2.45) is 0 Å². The molecule has 0 radical (unpaired) electrons. The van der Waals surface area contributed by atoms with Crippen molar-refractivity contribution >= 4 is 35.6 Å². The van der Waals surface area contributed by atoms with E-state index in [1.54, 1.807) is 17.0 Å². The first-order valence-corrected chi connectivity index (χ1v) is 6.50. The Bertz CT molecular complexity index is 505. The average molecular weight is 298 g/mol. The molecular weight excluding hydrogens is 278 g/mol. The summed E-state index contributed by atoms with van der Waals surface area (Å²) < 4.78 is 0. The number of carbonyl (C=O) groups is 2. The van der Waals surface area contributed by atoms with Crippen molar-refractivity contribution < 1.29 is 9.59 Å². The Morgan fingerprint density at radius 2 is 2.15 bits per heavy atom. The van der Waals surface area contributed by atoms with Crippen LogP contribution in [0.15, 0.2) is 18.2 Å². The van der Waals surface area contributed by atoms with E-state index in [2.05, 4.69) is 5.32 Å². The minimum atomic E-state index is -0.177. The Morgan fingerprint density at radius 3 is 2.85 bits per heavy atom. The number of likely N-dealkylation sites (tertiary alicyclic amines) is 1. The van der Waals surface area contributed by atoms with Crippen molar-refractivity contribution in [2.45, 2.75) is 26.2 Å². The number of hydrogen-bond donors (Lipinski definition) is 2. The first-order valence-electron chi connectivity index (χ1n) is 6.50. The van der Waals surface area contributed by atoms with Gasteiger partial charge in [-0.25, -0.2) is 0 Å². The van der Waals surface area contributed by atoms with E-state index in [1.165, 1.54) is 0 Å². The van der Waals surface area contributed by atoms with Gasteiger partial charge in [0.1, 0.15) is 0 Å². The fraction of sp³-hybridized carbons (Fsp3) is 0.429. The third-order valence-electron chi connectivity index (χ3n) is 3.29. The molecule has 1 aliphatic rings. The van der Waals surface area contributed by atoms with Crippen molar-refractivity contribution in [1.82, 2.24) is 4.90 Å². The van der Waals surface area contributed by atoms with Gasteiger partial charge in [-0.3, -0.25) is 9.59 Å². The number of piperidine rings is 1. The van der Waals surface area contributed by atoms with Crippen LogP contribution in [0.2, 0.25) is 0 Å². The first kappa shape index (κ1) is 16.3. The highest BCUT2D eigenvalue weighted by Crippen LogP contribution is 2.18. The lowest BCUT2D eigenvalue weighted by Crippen LogP contribution is -2.40. The minimum absolute atomic E-state index is 0. The quantitative estimate of drug-likeness (QED) is 0.837. The van der Waals surface area contributed by atoms with Crippen molar-refractivity contribution in [3.63, 3.8) is 0 Å². The molecule has 20 heavy (non-hydrogen) atoms. The van der Waals surface area contributed by atoms with Gasteiger partial charge in [0.25, 0.3) is 0 Å². The van der Waals surface area contributed by atoms with Gasteiger partial charge in [-0.15, -0.1) is 12.4 Å². The van der Waals surface area contributed by atoms with Crippen LogP contribution in [0.25, 0.3) is 0 Å². The monoisotopic (exact) mass is 297 g/mol. The van der Waals surface area contributed by atoms with E-state index in [9.17, 15) is 9.59 Å². The van der Waals surface area contributed by atoms with Gasteiger partial charge in [0.2, 0.25) is 11.8 Å². The number of hydrogen-bond acceptors (Lipinski definition) is 3. The number of benzene rings is 1. The van der Waals surface area contributed by atoms with Crippen LogP contribution in [0.4, 0.5) is 11.4 Å². The topological polar surface area (TPSA) is 75.4 Å². The van der Waals surface area contributed by atoms with E-state index in [0.29, 0.717) is 24.3 Å². The van der Waals surface area contributed by atoms with Crippen molar-refractivity contribution in [2.75, 3.05) is 24.1 Å². The summed E-state index contributed by atoms with van der Waals surface area (Å²) in [5.41, 5.74) is 7.95. The molecule has 0 atom stereocenters. The SMILES string of the molecule is Cc1ccc(N)cc1NC(=O)CN1CCCCC1=O.Cl. The molecule has 1 saturated heterocycles. The molecule has 0 unspecified atom stereocenters. The molecule has 1 heterocycles. The van der Waals surface area contributed by atoms with E-state index in [4.69, 9.17) is 5.73 Å². The molecule has 1 aromatic rings. The summed E-state index contributed by atoms with van der Waals surface area (Å²) in [4.78, 5) is 25.2. The second-order valence-corrected chi connectivity index (χ2v) is 4.89. The molecule has 110 valence electrons.